The Hall–Kier alpha value is -1.58. The summed E-state index contributed by atoms with van der Waals surface area (Å²) in [5.41, 5.74) is 7.27. The van der Waals surface area contributed by atoms with Crippen LogP contribution in [0.3, 0.4) is 0 Å². The molecule has 0 saturated heterocycles. The predicted octanol–water partition coefficient (Wildman–Crippen LogP) is 1.32. The van der Waals surface area contributed by atoms with Crippen LogP contribution >= 0.6 is 0 Å². The molecular formula is C10H14N2O2. The molecule has 1 atom stereocenters. The Kier molecular flexibility index (Phi) is 3.45. The molecule has 1 rings (SSSR count). The highest BCUT2D eigenvalue weighted by Gasteiger charge is 2.11. The number of nitrogens with zero attached hydrogens (tertiary/aromatic N) is 1. The molecular weight excluding hydrogens is 180 g/mol. The van der Waals surface area contributed by atoms with E-state index in [0.29, 0.717) is 18.5 Å². The smallest absolute Gasteiger partial charge is 0.306 e. The van der Waals surface area contributed by atoms with Gasteiger partial charge in [-0.3, -0.25) is 9.78 Å². The molecule has 0 fully saturated rings. The lowest BCUT2D eigenvalue weighted by Gasteiger charge is -2.07. The van der Waals surface area contributed by atoms with Gasteiger partial charge in [0.15, 0.2) is 0 Å². The van der Waals surface area contributed by atoms with Crippen molar-refractivity contribution in [2.45, 2.75) is 19.8 Å². The van der Waals surface area contributed by atoms with Crippen LogP contribution in [-0.4, -0.2) is 16.1 Å². The Morgan fingerprint density at radius 3 is 3.00 bits per heavy atom. The molecule has 0 amide bonds. The summed E-state index contributed by atoms with van der Waals surface area (Å²) in [7, 11) is 0. The average Bonchev–Trinajstić information content (AvgIpc) is 2.16. The first kappa shape index (κ1) is 10.5. The zero-order valence-corrected chi connectivity index (χ0v) is 8.10. The van der Waals surface area contributed by atoms with Gasteiger partial charge in [0.05, 0.1) is 17.8 Å². The van der Waals surface area contributed by atoms with Gasteiger partial charge in [-0.1, -0.05) is 6.92 Å². The lowest BCUT2D eigenvalue weighted by atomic mass is 10.0. The van der Waals surface area contributed by atoms with Gasteiger partial charge in [0.2, 0.25) is 0 Å². The van der Waals surface area contributed by atoms with Crippen molar-refractivity contribution in [3.05, 3.63) is 24.0 Å². The zero-order chi connectivity index (χ0) is 10.6. The van der Waals surface area contributed by atoms with E-state index in [1.54, 1.807) is 19.3 Å². The van der Waals surface area contributed by atoms with Gasteiger partial charge in [0.25, 0.3) is 0 Å². The first-order chi connectivity index (χ1) is 6.61. The van der Waals surface area contributed by atoms with Gasteiger partial charge in [-0.25, -0.2) is 0 Å². The van der Waals surface area contributed by atoms with E-state index in [9.17, 15) is 4.79 Å². The molecule has 0 aromatic carbocycles. The van der Waals surface area contributed by atoms with Crippen molar-refractivity contribution in [1.82, 2.24) is 4.98 Å². The number of nitrogens with two attached hydrogens (primary N) is 1. The fourth-order valence-electron chi connectivity index (χ4n) is 1.16. The minimum atomic E-state index is -0.766. The van der Waals surface area contributed by atoms with Crippen LogP contribution in [0.25, 0.3) is 0 Å². The largest absolute Gasteiger partial charge is 0.481 e. The highest BCUT2D eigenvalue weighted by molar-refractivity contribution is 5.69. The number of hydrogen-bond donors (Lipinski definition) is 2. The normalized spacial score (nSPS) is 12.4. The maximum Gasteiger partial charge on any atom is 0.306 e. The molecule has 0 spiro atoms. The van der Waals surface area contributed by atoms with E-state index in [-0.39, 0.29) is 5.92 Å². The van der Waals surface area contributed by atoms with Crippen molar-refractivity contribution in [2.24, 2.45) is 5.92 Å². The summed E-state index contributed by atoms with van der Waals surface area (Å²) in [5, 5.41) is 8.69. The Balaban J connectivity index is 2.54. The average molecular weight is 194 g/mol. The standard InChI is InChI=1S/C10H14N2O2/c1-7(10(13)14)2-3-8-4-5-12-6-9(8)11/h4-7H,2-3,11H2,1H3,(H,13,14). The fraction of sp³-hybridized carbons (Fsp3) is 0.400. The van der Waals surface area contributed by atoms with Gasteiger partial charge in [0, 0.05) is 6.20 Å². The Labute approximate surface area is 82.8 Å². The van der Waals surface area contributed by atoms with Gasteiger partial charge in [-0.2, -0.15) is 0 Å². The molecule has 0 aliphatic heterocycles. The number of nitrogen functional groups attached to an aromatic ring is 1. The highest BCUT2D eigenvalue weighted by Crippen LogP contribution is 2.14. The number of carboxylic acids is 1. The first-order valence-electron chi connectivity index (χ1n) is 4.52. The zero-order valence-electron chi connectivity index (χ0n) is 8.10. The van der Waals surface area contributed by atoms with Crippen LogP contribution in [0.5, 0.6) is 0 Å². The SMILES string of the molecule is CC(CCc1ccncc1N)C(=O)O. The molecule has 1 unspecified atom stereocenters. The van der Waals surface area contributed by atoms with Crippen LogP contribution < -0.4 is 5.73 Å². The van der Waals surface area contributed by atoms with Crippen molar-refractivity contribution in [2.75, 3.05) is 5.73 Å². The van der Waals surface area contributed by atoms with Crippen LogP contribution in [0.2, 0.25) is 0 Å². The van der Waals surface area contributed by atoms with Crippen LogP contribution in [0, 0.1) is 5.92 Å². The lowest BCUT2D eigenvalue weighted by Crippen LogP contribution is -2.10. The van der Waals surface area contributed by atoms with Crippen LogP contribution in [0.1, 0.15) is 18.9 Å². The Morgan fingerprint density at radius 1 is 1.71 bits per heavy atom. The summed E-state index contributed by atoms with van der Waals surface area (Å²) in [6, 6.07) is 1.82. The van der Waals surface area contributed by atoms with E-state index in [1.165, 1.54) is 0 Å². The Bertz CT molecular complexity index is 326. The number of carbonyl (C=O) groups is 1. The second-order valence-corrected chi connectivity index (χ2v) is 3.35. The second kappa shape index (κ2) is 4.60. The van der Waals surface area contributed by atoms with Gasteiger partial charge in [-0.05, 0) is 24.5 Å². The summed E-state index contributed by atoms with van der Waals surface area (Å²) in [4.78, 5) is 14.4. The maximum absolute atomic E-state index is 10.6. The van der Waals surface area contributed by atoms with E-state index >= 15 is 0 Å². The Morgan fingerprint density at radius 2 is 2.43 bits per heavy atom. The summed E-state index contributed by atoms with van der Waals surface area (Å²) in [5.74, 6) is -1.10. The predicted molar refractivity (Wildman–Crippen MR) is 53.8 cm³/mol. The van der Waals surface area contributed by atoms with Gasteiger partial charge < -0.3 is 10.8 Å². The molecule has 76 valence electrons. The molecule has 1 heterocycles. The monoisotopic (exact) mass is 194 g/mol. The fourth-order valence-corrected chi connectivity index (χ4v) is 1.16. The van der Waals surface area contributed by atoms with Gasteiger partial charge in [-0.15, -0.1) is 0 Å². The number of carboxylic acid groups (broad SMARTS) is 1. The van der Waals surface area contributed by atoms with Crippen molar-refractivity contribution >= 4 is 11.7 Å². The molecule has 4 heteroatoms. The van der Waals surface area contributed by atoms with E-state index in [0.717, 1.165) is 5.56 Å². The summed E-state index contributed by atoms with van der Waals surface area (Å²) in [6.45, 7) is 1.69. The number of aryl methyl sites for hydroxylation is 1. The molecule has 0 saturated carbocycles. The number of aromatic nitrogens is 1. The van der Waals surface area contributed by atoms with Crippen molar-refractivity contribution in [1.29, 1.82) is 0 Å². The quantitative estimate of drug-likeness (QED) is 0.757. The lowest BCUT2D eigenvalue weighted by molar-refractivity contribution is -0.141. The summed E-state index contributed by atoms with van der Waals surface area (Å²) in [6.07, 6.45) is 4.53. The topological polar surface area (TPSA) is 76.2 Å². The van der Waals surface area contributed by atoms with Crippen molar-refractivity contribution in [3.8, 4) is 0 Å². The summed E-state index contributed by atoms with van der Waals surface area (Å²) < 4.78 is 0. The maximum atomic E-state index is 10.6. The van der Waals surface area contributed by atoms with E-state index in [2.05, 4.69) is 4.98 Å². The first-order valence-corrected chi connectivity index (χ1v) is 4.52. The third-order valence-electron chi connectivity index (χ3n) is 2.21. The minimum Gasteiger partial charge on any atom is -0.481 e. The number of aliphatic carboxylic acids is 1. The minimum absolute atomic E-state index is 0.331. The van der Waals surface area contributed by atoms with Gasteiger partial charge in [0.1, 0.15) is 0 Å². The molecule has 14 heavy (non-hydrogen) atoms. The van der Waals surface area contributed by atoms with E-state index < -0.39 is 5.97 Å². The van der Waals surface area contributed by atoms with E-state index in [1.807, 2.05) is 6.07 Å². The third kappa shape index (κ3) is 2.73. The highest BCUT2D eigenvalue weighted by atomic mass is 16.4. The number of anilines is 1. The van der Waals surface area contributed by atoms with E-state index in [4.69, 9.17) is 10.8 Å². The molecule has 1 aromatic rings. The molecule has 0 radical (unpaired) electrons. The number of hydrogen-bond acceptors (Lipinski definition) is 3. The van der Waals surface area contributed by atoms with Crippen LogP contribution in [-0.2, 0) is 11.2 Å². The molecule has 0 aliphatic carbocycles. The second-order valence-electron chi connectivity index (χ2n) is 3.35. The molecule has 3 N–H and O–H groups in total. The van der Waals surface area contributed by atoms with Crippen LogP contribution in [0.15, 0.2) is 18.5 Å². The molecule has 0 bridgehead atoms. The molecule has 1 aromatic heterocycles. The molecule has 0 aliphatic rings. The molecule has 4 nitrogen and oxygen atoms in total. The van der Waals surface area contributed by atoms with Crippen LogP contribution in [0.4, 0.5) is 5.69 Å². The third-order valence-corrected chi connectivity index (χ3v) is 2.21. The number of pyridine rings is 1. The summed E-state index contributed by atoms with van der Waals surface area (Å²) >= 11 is 0. The van der Waals surface area contributed by atoms with Crippen molar-refractivity contribution < 1.29 is 9.90 Å². The number of rotatable bonds is 4. The van der Waals surface area contributed by atoms with Crippen molar-refractivity contribution in [3.63, 3.8) is 0 Å². The van der Waals surface area contributed by atoms with Gasteiger partial charge >= 0.3 is 5.97 Å².